The summed E-state index contributed by atoms with van der Waals surface area (Å²) < 4.78 is 2.39. The van der Waals surface area contributed by atoms with Crippen LogP contribution >= 0.6 is 22.9 Å². The van der Waals surface area contributed by atoms with Crippen LogP contribution < -0.4 is 10.6 Å². The number of nitrogens with one attached hydrogen (secondary N) is 2. The van der Waals surface area contributed by atoms with E-state index in [1.807, 2.05) is 19.9 Å². The molecule has 0 unspecified atom stereocenters. The first-order valence-electron chi connectivity index (χ1n) is 10.6. The highest BCUT2D eigenvalue weighted by molar-refractivity contribution is 7.16. The standard InChI is InChI=1S/C22H23ClN6O3S/c1-10(2)26-19-15-20(28-14(27-19)7-5-11-4-6-13(23)33-11)29(9-25-15)16-12-8-22(12,21(32)24-3)18(31)17(16)30/h4,6,9-10,12,16-18,30-31H,8H2,1-3H3,(H,24,32)(H,26,27,28)/t12-,16-,17+,18+,22+/m1/s1. The number of carbonyl (C=O) groups is 1. The van der Waals surface area contributed by atoms with E-state index in [0.717, 1.165) is 4.88 Å². The van der Waals surface area contributed by atoms with Crippen LogP contribution in [0.2, 0.25) is 4.34 Å². The predicted octanol–water partition coefficient (Wildman–Crippen LogP) is 1.79. The van der Waals surface area contributed by atoms with E-state index in [0.29, 0.717) is 33.6 Å². The Labute approximate surface area is 199 Å². The first-order valence-corrected chi connectivity index (χ1v) is 11.8. The molecule has 0 bridgehead atoms. The molecule has 1 amide bonds. The summed E-state index contributed by atoms with van der Waals surface area (Å²) in [6, 6.07) is 3.16. The van der Waals surface area contributed by atoms with Gasteiger partial charge < -0.3 is 25.4 Å². The summed E-state index contributed by atoms with van der Waals surface area (Å²) in [5, 5.41) is 27.5. The minimum absolute atomic E-state index is 0.0911. The fourth-order valence-electron chi connectivity index (χ4n) is 4.85. The molecule has 0 radical (unpaired) electrons. The molecule has 2 aliphatic carbocycles. The lowest BCUT2D eigenvalue weighted by atomic mass is 9.98. The van der Waals surface area contributed by atoms with Crippen molar-refractivity contribution in [2.24, 2.45) is 11.3 Å². The van der Waals surface area contributed by atoms with Gasteiger partial charge in [0.15, 0.2) is 17.0 Å². The second-order valence-electron chi connectivity index (χ2n) is 8.73. The van der Waals surface area contributed by atoms with Gasteiger partial charge in [-0.15, -0.1) is 11.3 Å². The molecule has 5 atom stereocenters. The normalized spacial score (nSPS) is 27.8. The summed E-state index contributed by atoms with van der Waals surface area (Å²) in [6.45, 7) is 3.98. The van der Waals surface area contributed by atoms with Crippen LogP contribution in [0, 0.1) is 23.2 Å². The van der Waals surface area contributed by atoms with Crippen LogP contribution in [0.15, 0.2) is 18.5 Å². The van der Waals surface area contributed by atoms with Crippen molar-refractivity contribution in [1.82, 2.24) is 24.8 Å². The van der Waals surface area contributed by atoms with Crippen LogP contribution in [0.3, 0.4) is 0 Å². The first-order chi connectivity index (χ1) is 15.8. The van der Waals surface area contributed by atoms with Crippen molar-refractivity contribution >= 4 is 45.8 Å². The van der Waals surface area contributed by atoms with Gasteiger partial charge in [0.1, 0.15) is 6.10 Å². The molecule has 0 spiro atoms. The smallest absolute Gasteiger partial charge is 0.229 e. The lowest BCUT2D eigenvalue weighted by molar-refractivity contribution is -0.132. The number of rotatable bonds is 4. The van der Waals surface area contributed by atoms with Crippen LogP contribution in [0.25, 0.3) is 11.2 Å². The molecule has 3 aromatic rings. The predicted molar refractivity (Wildman–Crippen MR) is 125 cm³/mol. The maximum atomic E-state index is 12.5. The molecular weight excluding hydrogens is 464 g/mol. The van der Waals surface area contributed by atoms with Crippen LogP contribution in [0.4, 0.5) is 5.82 Å². The summed E-state index contributed by atoms with van der Waals surface area (Å²) in [5.41, 5.74) is 0.0356. The number of imidazole rings is 1. The zero-order valence-corrected chi connectivity index (χ0v) is 19.8. The van der Waals surface area contributed by atoms with Gasteiger partial charge >= 0.3 is 0 Å². The number of aliphatic hydroxyl groups excluding tert-OH is 2. The number of aromatic nitrogens is 4. The molecular formula is C22H23ClN6O3S. The van der Waals surface area contributed by atoms with Crippen LogP contribution in [-0.4, -0.2) is 60.9 Å². The average molecular weight is 487 g/mol. The number of aliphatic hydroxyl groups is 2. The molecule has 33 heavy (non-hydrogen) atoms. The third kappa shape index (κ3) is 3.47. The minimum Gasteiger partial charge on any atom is -0.389 e. The van der Waals surface area contributed by atoms with Gasteiger partial charge in [-0.2, -0.15) is 0 Å². The highest BCUT2D eigenvalue weighted by Gasteiger charge is 2.75. The van der Waals surface area contributed by atoms with Gasteiger partial charge in [0, 0.05) is 19.0 Å². The van der Waals surface area contributed by atoms with E-state index in [-0.39, 0.29) is 17.9 Å². The molecule has 2 aliphatic rings. The van der Waals surface area contributed by atoms with Crippen LogP contribution in [-0.2, 0) is 4.79 Å². The molecule has 0 aromatic carbocycles. The van der Waals surface area contributed by atoms with Crippen molar-refractivity contribution in [1.29, 1.82) is 0 Å². The molecule has 172 valence electrons. The molecule has 3 heterocycles. The molecule has 2 fully saturated rings. The number of hydrogen-bond acceptors (Lipinski definition) is 8. The molecule has 11 heteroatoms. The largest absolute Gasteiger partial charge is 0.389 e. The number of amides is 1. The Morgan fingerprint density at radius 3 is 2.79 bits per heavy atom. The van der Waals surface area contributed by atoms with E-state index in [4.69, 9.17) is 11.6 Å². The summed E-state index contributed by atoms with van der Waals surface area (Å²) in [4.78, 5) is 27.0. The maximum absolute atomic E-state index is 12.5. The number of anilines is 1. The summed E-state index contributed by atoms with van der Waals surface area (Å²) in [7, 11) is 1.54. The van der Waals surface area contributed by atoms with Gasteiger partial charge in [0.05, 0.1) is 33.1 Å². The average Bonchev–Trinajstić information content (AvgIpc) is 3.03. The van der Waals surface area contributed by atoms with Gasteiger partial charge in [0.25, 0.3) is 0 Å². The van der Waals surface area contributed by atoms with E-state index in [1.54, 1.807) is 17.0 Å². The molecule has 0 saturated heterocycles. The van der Waals surface area contributed by atoms with Gasteiger partial charge in [-0.05, 0) is 44.2 Å². The monoisotopic (exact) mass is 486 g/mol. The SMILES string of the molecule is CNC(=O)[C@@]12C[C@@H]1[C@@H](n1cnc3c(NC(C)C)nc(C#Cc4ccc(Cl)s4)nc31)[C@H](O)[C@@H]2O. The Hall–Kier alpha value is -2.71. The Kier molecular flexibility index (Phi) is 5.33. The molecule has 5 rings (SSSR count). The van der Waals surface area contributed by atoms with E-state index in [1.165, 1.54) is 18.4 Å². The van der Waals surface area contributed by atoms with Crippen molar-refractivity contribution in [2.45, 2.75) is 44.6 Å². The lowest BCUT2D eigenvalue weighted by Crippen LogP contribution is -2.41. The number of thiophene rings is 1. The van der Waals surface area contributed by atoms with Crippen molar-refractivity contribution in [3.05, 3.63) is 33.5 Å². The van der Waals surface area contributed by atoms with Gasteiger partial charge in [-0.3, -0.25) is 4.79 Å². The van der Waals surface area contributed by atoms with E-state index in [2.05, 4.69) is 37.4 Å². The summed E-state index contributed by atoms with van der Waals surface area (Å²) in [6.07, 6.45) is -0.219. The molecule has 3 aromatic heterocycles. The zero-order chi connectivity index (χ0) is 23.5. The lowest BCUT2D eigenvalue weighted by Gasteiger charge is -2.23. The molecule has 0 aliphatic heterocycles. The molecule has 4 N–H and O–H groups in total. The van der Waals surface area contributed by atoms with Crippen molar-refractivity contribution in [2.75, 3.05) is 12.4 Å². The third-order valence-electron chi connectivity index (χ3n) is 6.36. The third-order valence-corrected chi connectivity index (χ3v) is 7.51. The van der Waals surface area contributed by atoms with E-state index < -0.39 is 23.7 Å². The maximum Gasteiger partial charge on any atom is 0.229 e. The van der Waals surface area contributed by atoms with E-state index in [9.17, 15) is 15.0 Å². The summed E-state index contributed by atoms with van der Waals surface area (Å²) >= 11 is 7.36. The topological polar surface area (TPSA) is 125 Å². The quantitative estimate of drug-likeness (QED) is 0.414. The Morgan fingerprint density at radius 1 is 1.33 bits per heavy atom. The second-order valence-corrected chi connectivity index (χ2v) is 10.4. The highest BCUT2D eigenvalue weighted by atomic mass is 35.5. The van der Waals surface area contributed by atoms with Crippen LogP contribution in [0.1, 0.15) is 37.0 Å². The van der Waals surface area contributed by atoms with Crippen molar-refractivity contribution in [3.63, 3.8) is 0 Å². The van der Waals surface area contributed by atoms with E-state index >= 15 is 0 Å². The fraction of sp³-hybridized carbons (Fsp3) is 0.455. The van der Waals surface area contributed by atoms with Gasteiger partial charge in [-0.1, -0.05) is 11.6 Å². The van der Waals surface area contributed by atoms with Crippen molar-refractivity contribution in [3.8, 4) is 11.8 Å². The molecule has 2 saturated carbocycles. The Balaban J connectivity index is 1.60. The highest BCUT2D eigenvalue weighted by Crippen LogP contribution is 2.67. The number of nitrogens with zero attached hydrogens (tertiary/aromatic N) is 4. The number of halogens is 1. The molecule has 9 nitrogen and oxygen atoms in total. The second kappa shape index (κ2) is 7.95. The first kappa shape index (κ1) is 22.1. The zero-order valence-electron chi connectivity index (χ0n) is 18.2. The number of carbonyl (C=O) groups excluding carboxylic acids is 1. The number of fused-ring (bicyclic) bond motifs is 2. The minimum atomic E-state index is -1.16. The Bertz CT molecular complexity index is 1310. The Morgan fingerprint density at radius 2 is 2.12 bits per heavy atom. The fourth-order valence-corrected chi connectivity index (χ4v) is 5.75. The van der Waals surface area contributed by atoms with Crippen molar-refractivity contribution < 1.29 is 15.0 Å². The number of hydrogen-bond donors (Lipinski definition) is 4. The van der Waals surface area contributed by atoms with Crippen LogP contribution in [0.5, 0.6) is 0 Å². The van der Waals surface area contributed by atoms with Gasteiger partial charge in [0.2, 0.25) is 11.7 Å². The summed E-state index contributed by atoms with van der Waals surface area (Å²) in [5.74, 6) is 6.35. The van der Waals surface area contributed by atoms with Gasteiger partial charge in [-0.25, -0.2) is 15.0 Å².